The molecule has 0 amide bonds. The van der Waals surface area contributed by atoms with Crippen LogP contribution < -0.4 is 4.90 Å². The van der Waals surface area contributed by atoms with Crippen molar-refractivity contribution in [2.45, 2.75) is 32.1 Å². The van der Waals surface area contributed by atoms with Crippen LogP contribution in [0.15, 0.2) is 42.5 Å². The third-order valence-electron chi connectivity index (χ3n) is 4.15. The number of para-hydroxylation sites is 1. The molecule has 1 aromatic carbocycles. The number of rotatable bonds is 6. The van der Waals surface area contributed by atoms with Crippen molar-refractivity contribution in [3.05, 3.63) is 42.5 Å². The molecule has 1 aliphatic rings. The molecular formula is C17H25NO3S. The molecule has 0 aromatic heterocycles. The molecule has 0 bridgehead atoms. The summed E-state index contributed by atoms with van der Waals surface area (Å²) in [6, 6.07) is 10.5. The van der Waals surface area contributed by atoms with Crippen molar-refractivity contribution < 1.29 is 13.0 Å². The Labute approximate surface area is 133 Å². The summed E-state index contributed by atoms with van der Waals surface area (Å²) < 4.78 is 29.9. The van der Waals surface area contributed by atoms with E-state index in [0.717, 1.165) is 25.9 Å². The van der Waals surface area contributed by atoms with Crippen molar-refractivity contribution in [2.75, 3.05) is 23.7 Å². The van der Waals surface area contributed by atoms with Crippen molar-refractivity contribution in [1.82, 2.24) is 0 Å². The maximum atomic E-state index is 10.6. The van der Waals surface area contributed by atoms with Crippen LogP contribution in [0.25, 0.3) is 0 Å². The van der Waals surface area contributed by atoms with Crippen LogP contribution >= 0.6 is 0 Å². The second-order valence-electron chi connectivity index (χ2n) is 5.90. The molecule has 5 heteroatoms. The van der Waals surface area contributed by atoms with Crippen LogP contribution in [0.5, 0.6) is 0 Å². The maximum absolute atomic E-state index is 10.6. The van der Waals surface area contributed by atoms with E-state index in [0.29, 0.717) is 12.3 Å². The Bertz CT molecular complexity index is 569. The summed E-state index contributed by atoms with van der Waals surface area (Å²) in [6.07, 6.45) is 8.89. The van der Waals surface area contributed by atoms with E-state index in [1.165, 1.54) is 18.5 Å². The first-order valence-electron chi connectivity index (χ1n) is 7.95. The van der Waals surface area contributed by atoms with Gasteiger partial charge in [-0.15, -0.1) is 0 Å². The van der Waals surface area contributed by atoms with Crippen LogP contribution in [-0.2, 0) is 10.1 Å². The Morgan fingerprint density at radius 1 is 1.14 bits per heavy atom. The minimum Gasteiger partial charge on any atom is -0.372 e. The molecule has 1 heterocycles. The molecule has 22 heavy (non-hydrogen) atoms. The van der Waals surface area contributed by atoms with Crippen LogP contribution in [0, 0.1) is 5.92 Å². The average molecular weight is 323 g/mol. The van der Waals surface area contributed by atoms with Gasteiger partial charge in [-0.1, -0.05) is 30.4 Å². The van der Waals surface area contributed by atoms with E-state index in [9.17, 15) is 8.42 Å². The second kappa shape index (κ2) is 8.34. The smallest absolute Gasteiger partial charge is 0.265 e. The third kappa shape index (κ3) is 6.20. The summed E-state index contributed by atoms with van der Waals surface area (Å²) >= 11 is 0. The van der Waals surface area contributed by atoms with E-state index < -0.39 is 10.1 Å². The van der Waals surface area contributed by atoms with E-state index in [-0.39, 0.29) is 5.75 Å². The molecule has 1 saturated heterocycles. The fourth-order valence-corrected chi connectivity index (χ4v) is 3.36. The van der Waals surface area contributed by atoms with Gasteiger partial charge in [-0.25, -0.2) is 0 Å². The zero-order chi connectivity index (χ0) is 15.8. The van der Waals surface area contributed by atoms with E-state index in [1.54, 1.807) is 0 Å². The molecule has 1 aliphatic heterocycles. The molecule has 1 fully saturated rings. The molecule has 1 N–H and O–H groups in total. The van der Waals surface area contributed by atoms with Crippen LogP contribution in [0.3, 0.4) is 0 Å². The quantitative estimate of drug-likeness (QED) is 0.643. The minimum absolute atomic E-state index is 0.185. The normalized spacial score (nSPS) is 20.2. The summed E-state index contributed by atoms with van der Waals surface area (Å²) in [7, 11) is -3.83. The van der Waals surface area contributed by atoms with Gasteiger partial charge in [0.15, 0.2) is 0 Å². The highest BCUT2D eigenvalue weighted by Crippen LogP contribution is 2.24. The highest BCUT2D eigenvalue weighted by Gasteiger charge is 2.16. The molecule has 4 nitrogen and oxygen atoms in total. The predicted molar refractivity (Wildman–Crippen MR) is 90.8 cm³/mol. The molecule has 0 radical (unpaired) electrons. The molecule has 122 valence electrons. The van der Waals surface area contributed by atoms with Gasteiger partial charge < -0.3 is 4.90 Å². The molecule has 2 rings (SSSR count). The van der Waals surface area contributed by atoms with Gasteiger partial charge in [-0.05, 0) is 50.2 Å². The summed E-state index contributed by atoms with van der Waals surface area (Å²) in [5.41, 5.74) is 1.30. The lowest BCUT2D eigenvalue weighted by Crippen LogP contribution is -2.23. The van der Waals surface area contributed by atoms with Crippen LogP contribution in [0.1, 0.15) is 32.1 Å². The molecular weight excluding hydrogens is 298 g/mol. The van der Waals surface area contributed by atoms with Crippen molar-refractivity contribution in [1.29, 1.82) is 0 Å². The lowest BCUT2D eigenvalue weighted by Gasteiger charge is -2.22. The number of hydrogen-bond acceptors (Lipinski definition) is 3. The van der Waals surface area contributed by atoms with E-state index >= 15 is 0 Å². The van der Waals surface area contributed by atoms with Gasteiger partial charge in [0.05, 0.1) is 5.75 Å². The van der Waals surface area contributed by atoms with Gasteiger partial charge in [0.1, 0.15) is 0 Å². The maximum Gasteiger partial charge on any atom is 0.265 e. The first-order chi connectivity index (χ1) is 10.5. The predicted octanol–water partition coefficient (Wildman–Crippen LogP) is 3.52. The van der Waals surface area contributed by atoms with Gasteiger partial charge in [0.25, 0.3) is 10.1 Å². The first kappa shape index (κ1) is 17.0. The van der Waals surface area contributed by atoms with E-state index in [2.05, 4.69) is 35.2 Å². The molecule has 0 aliphatic carbocycles. The molecule has 0 unspecified atom stereocenters. The van der Waals surface area contributed by atoms with E-state index in [1.807, 2.05) is 12.1 Å². The Hall–Kier alpha value is -1.33. The van der Waals surface area contributed by atoms with Gasteiger partial charge >= 0.3 is 0 Å². The van der Waals surface area contributed by atoms with Crippen molar-refractivity contribution in [3.63, 3.8) is 0 Å². The Morgan fingerprint density at radius 3 is 2.64 bits per heavy atom. The fourth-order valence-electron chi connectivity index (χ4n) is 2.92. The van der Waals surface area contributed by atoms with Gasteiger partial charge in [-0.3, -0.25) is 4.55 Å². The van der Waals surface area contributed by atoms with Crippen LogP contribution in [0.4, 0.5) is 5.69 Å². The molecule has 1 aromatic rings. The zero-order valence-corrected chi connectivity index (χ0v) is 13.7. The lowest BCUT2D eigenvalue weighted by molar-refractivity contribution is 0.479. The van der Waals surface area contributed by atoms with Crippen molar-refractivity contribution >= 4 is 15.8 Å². The number of nitrogens with zero attached hydrogens (tertiary/aromatic N) is 1. The van der Waals surface area contributed by atoms with Gasteiger partial charge in [-0.2, -0.15) is 8.42 Å². The topological polar surface area (TPSA) is 57.6 Å². The lowest BCUT2D eigenvalue weighted by atomic mass is 9.97. The number of benzene rings is 1. The monoisotopic (exact) mass is 323 g/mol. The fraction of sp³-hybridized carbons (Fsp3) is 0.529. The zero-order valence-electron chi connectivity index (χ0n) is 12.9. The molecule has 1 atom stereocenters. The third-order valence-corrected chi connectivity index (χ3v) is 4.90. The highest BCUT2D eigenvalue weighted by molar-refractivity contribution is 7.85. The van der Waals surface area contributed by atoms with Gasteiger partial charge in [0.2, 0.25) is 0 Å². The van der Waals surface area contributed by atoms with E-state index in [4.69, 9.17) is 4.55 Å². The van der Waals surface area contributed by atoms with Gasteiger partial charge in [0, 0.05) is 18.8 Å². The first-order valence-corrected chi connectivity index (χ1v) is 9.56. The number of anilines is 1. The Morgan fingerprint density at radius 2 is 1.91 bits per heavy atom. The SMILES string of the molecule is O=S(=O)(O)CC/C=C\C[C@H]1CCCN(c2ccccc2)CC1. The molecule has 0 spiro atoms. The Kier molecular flexibility index (Phi) is 6.46. The standard InChI is InChI=1S/C17H25NO3S/c19-22(20,21)15-6-2-3-8-16-9-7-13-18(14-12-16)17-10-4-1-5-11-17/h1-5,10-11,16H,6-9,12-15H2,(H,19,20,21)/b3-2-/t16-/m0/s1. The van der Waals surface area contributed by atoms with Crippen LogP contribution in [-0.4, -0.2) is 31.8 Å². The summed E-state index contributed by atoms with van der Waals surface area (Å²) in [5.74, 6) is 0.478. The summed E-state index contributed by atoms with van der Waals surface area (Å²) in [5, 5.41) is 0. The minimum atomic E-state index is -3.83. The number of allylic oxidation sites excluding steroid dienone is 2. The highest BCUT2D eigenvalue weighted by atomic mass is 32.2. The second-order valence-corrected chi connectivity index (χ2v) is 7.47. The average Bonchev–Trinajstić information content (AvgIpc) is 2.72. The van der Waals surface area contributed by atoms with Crippen molar-refractivity contribution in [2.24, 2.45) is 5.92 Å². The Balaban J connectivity index is 1.75. The number of hydrogen-bond donors (Lipinski definition) is 1. The molecule has 0 saturated carbocycles. The summed E-state index contributed by atoms with van der Waals surface area (Å²) in [6.45, 7) is 2.18. The summed E-state index contributed by atoms with van der Waals surface area (Å²) in [4.78, 5) is 2.45. The van der Waals surface area contributed by atoms with Crippen LogP contribution in [0.2, 0.25) is 0 Å². The van der Waals surface area contributed by atoms with Crippen molar-refractivity contribution in [3.8, 4) is 0 Å². The largest absolute Gasteiger partial charge is 0.372 e.